The molecular weight excluding hydrogens is 268 g/mol. The highest BCUT2D eigenvalue weighted by Gasteiger charge is 2.38. The molecule has 2 atom stereocenters. The molecular formula is C13H16O5S. The summed E-state index contributed by atoms with van der Waals surface area (Å²) in [6.07, 6.45) is -0.645. The summed E-state index contributed by atoms with van der Waals surface area (Å²) in [5.74, 6) is -2.02. The minimum atomic E-state index is -3.19. The van der Waals surface area contributed by atoms with Gasteiger partial charge in [-0.2, -0.15) is 0 Å². The zero-order chi connectivity index (χ0) is 13.9. The summed E-state index contributed by atoms with van der Waals surface area (Å²) in [6.45, 7) is 0.227. The van der Waals surface area contributed by atoms with Gasteiger partial charge in [-0.3, -0.25) is 4.79 Å². The van der Waals surface area contributed by atoms with Gasteiger partial charge in [0.2, 0.25) is 0 Å². The first kappa shape index (κ1) is 14.0. The molecule has 0 bridgehead atoms. The second-order valence-corrected chi connectivity index (χ2v) is 6.91. The number of sulfone groups is 1. The average molecular weight is 284 g/mol. The summed E-state index contributed by atoms with van der Waals surface area (Å²) in [7, 11) is -3.19. The number of hydrogen-bond donors (Lipinski definition) is 1. The highest BCUT2D eigenvalue weighted by Crippen LogP contribution is 2.23. The van der Waals surface area contributed by atoms with Gasteiger partial charge < -0.3 is 9.84 Å². The van der Waals surface area contributed by atoms with Gasteiger partial charge in [-0.1, -0.05) is 30.3 Å². The van der Waals surface area contributed by atoms with Gasteiger partial charge in [-0.15, -0.1) is 0 Å². The lowest BCUT2D eigenvalue weighted by Gasteiger charge is -2.28. The molecule has 2 rings (SSSR count). The number of carboxylic acid groups (broad SMARTS) is 1. The minimum Gasteiger partial charge on any atom is -0.481 e. The van der Waals surface area contributed by atoms with Gasteiger partial charge in [0.1, 0.15) is 0 Å². The second kappa shape index (κ2) is 5.71. The van der Waals surface area contributed by atoms with E-state index in [0.29, 0.717) is 0 Å². The lowest BCUT2D eigenvalue weighted by Crippen LogP contribution is -2.42. The zero-order valence-corrected chi connectivity index (χ0v) is 11.2. The number of hydrogen-bond acceptors (Lipinski definition) is 4. The van der Waals surface area contributed by atoms with Gasteiger partial charge in [0, 0.05) is 0 Å². The molecule has 1 heterocycles. The highest BCUT2D eigenvalue weighted by molar-refractivity contribution is 7.91. The van der Waals surface area contributed by atoms with Crippen molar-refractivity contribution in [2.75, 3.05) is 11.5 Å². The molecule has 6 heteroatoms. The van der Waals surface area contributed by atoms with Crippen LogP contribution in [0.3, 0.4) is 0 Å². The van der Waals surface area contributed by atoms with Crippen LogP contribution in [-0.2, 0) is 26.0 Å². The smallest absolute Gasteiger partial charge is 0.309 e. The van der Waals surface area contributed by atoms with E-state index in [-0.39, 0.29) is 24.5 Å². The fourth-order valence-corrected chi connectivity index (χ4v) is 3.78. The van der Waals surface area contributed by atoms with Crippen molar-refractivity contribution in [1.29, 1.82) is 0 Å². The number of ether oxygens (including phenoxy) is 1. The Hall–Kier alpha value is -1.40. The maximum Gasteiger partial charge on any atom is 0.309 e. The van der Waals surface area contributed by atoms with Crippen molar-refractivity contribution in [3.05, 3.63) is 35.9 Å². The first-order valence-electron chi connectivity index (χ1n) is 6.07. The largest absolute Gasteiger partial charge is 0.481 e. The SMILES string of the molecule is O=C(O)C1CCS(=O)(=O)CC1OCc1ccccc1. The molecule has 0 aromatic heterocycles. The summed E-state index contributed by atoms with van der Waals surface area (Å²) in [4.78, 5) is 11.1. The molecule has 0 aliphatic carbocycles. The third-order valence-corrected chi connectivity index (χ3v) is 4.93. The zero-order valence-electron chi connectivity index (χ0n) is 10.4. The Labute approximate surface area is 112 Å². The number of carbonyl (C=O) groups is 1. The van der Waals surface area contributed by atoms with E-state index >= 15 is 0 Å². The molecule has 1 aromatic rings. The molecule has 1 N–H and O–H groups in total. The molecule has 1 aromatic carbocycles. The molecule has 104 valence electrons. The Morgan fingerprint density at radius 1 is 1.32 bits per heavy atom. The van der Waals surface area contributed by atoms with Crippen LogP contribution in [0.1, 0.15) is 12.0 Å². The van der Waals surface area contributed by atoms with Gasteiger partial charge in [0.05, 0.1) is 30.1 Å². The third-order valence-electron chi connectivity index (χ3n) is 3.23. The molecule has 2 unspecified atom stereocenters. The molecule has 19 heavy (non-hydrogen) atoms. The van der Waals surface area contributed by atoms with E-state index in [1.807, 2.05) is 30.3 Å². The quantitative estimate of drug-likeness (QED) is 0.895. The Balaban J connectivity index is 2.04. The lowest BCUT2D eigenvalue weighted by molar-refractivity contribution is -0.147. The number of rotatable bonds is 4. The van der Waals surface area contributed by atoms with Crippen LogP contribution in [0.15, 0.2) is 30.3 Å². The lowest BCUT2D eigenvalue weighted by atomic mass is 10.0. The summed E-state index contributed by atoms with van der Waals surface area (Å²) < 4.78 is 28.7. The van der Waals surface area contributed by atoms with Crippen LogP contribution in [0.5, 0.6) is 0 Å². The first-order chi connectivity index (χ1) is 8.98. The van der Waals surface area contributed by atoms with Crippen molar-refractivity contribution >= 4 is 15.8 Å². The maximum atomic E-state index is 11.6. The van der Waals surface area contributed by atoms with E-state index in [0.717, 1.165) is 5.56 Å². The second-order valence-electron chi connectivity index (χ2n) is 4.68. The maximum absolute atomic E-state index is 11.6. The fourth-order valence-electron chi connectivity index (χ4n) is 2.17. The van der Waals surface area contributed by atoms with Gasteiger partial charge in [0.25, 0.3) is 0 Å². The molecule has 5 nitrogen and oxygen atoms in total. The van der Waals surface area contributed by atoms with Crippen molar-refractivity contribution < 1.29 is 23.1 Å². The summed E-state index contributed by atoms with van der Waals surface area (Å²) in [6, 6.07) is 9.28. The van der Waals surface area contributed by atoms with Crippen molar-refractivity contribution in [3.8, 4) is 0 Å². The van der Waals surface area contributed by atoms with Crippen LogP contribution in [0.2, 0.25) is 0 Å². The van der Waals surface area contributed by atoms with Gasteiger partial charge >= 0.3 is 5.97 Å². The van der Waals surface area contributed by atoms with E-state index in [4.69, 9.17) is 9.84 Å². The van der Waals surface area contributed by atoms with Crippen LogP contribution in [0, 0.1) is 5.92 Å². The number of aliphatic carboxylic acids is 1. The van der Waals surface area contributed by atoms with Crippen molar-refractivity contribution in [1.82, 2.24) is 0 Å². The van der Waals surface area contributed by atoms with Gasteiger partial charge in [-0.05, 0) is 12.0 Å². The van der Waals surface area contributed by atoms with Crippen molar-refractivity contribution in [2.45, 2.75) is 19.1 Å². The van der Waals surface area contributed by atoms with E-state index in [9.17, 15) is 13.2 Å². The highest BCUT2D eigenvalue weighted by atomic mass is 32.2. The van der Waals surface area contributed by atoms with Gasteiger partial charge in [-0.25, -0.2) is 8.42 Å². The van der Waals surface area contributed by atoms with Gasteiger partial charge in [0.15, 0.2) is 9.84 Å². The number of benzene rings is 1. The topological polar surface area (TPSA) is 80.7 Å². The average Bonchev–Trinajstić information content (AvgIpc) is 2.36. The fraction of sp³-hybridized carbons (Fsp3) is 0.462. The van der Waals surface area contributed by atoms with Crippen molar-refractivity contribution in [2.24, 2.45) is 5.92 Å². The molecule has 0 spiro atoms. The molecule has 1 aliphatic heterocycles. The van der Waals surface area contributed by atoms with E-state index in [2.05, 4.69) is 0 Å². The molecule has 0 radical (unpaired) electrons. The predicted molar refractivity (Wildman–Crippen MR) is 69.4 cm³/mol. The Bertz CT molecular complexity index is 537. The third kappa shape index (κ3) is 3.78. The van der Waals surface area contributed by atoms with Crippen molar-refractivity contribution in [3.63, 3.8) is 0 Å². The summed E-state index contributed by atoms with van der Waals surface area (Å²) >= 11 is 0. The normalized spacial score (nSPS) is 25.9. The van der Waals surface area contributed by atoms with Crippen LogP contribution in [-0.4, -0.2) is 37.1 Å². The molecule has 1 saturated heterocycles. The monoisotopic (exact) mass is 284 g/mol. The van der Waals surface area contributed by atoms with E-state index < -0.39 is 27.8 Å². The minimum absolute atomic E-state index is 0.0742. The Kier molecular flexibility index (Phi) is 4.21. The molecule has 0 amide bonds. The van der Waals surface area contributed by atoms with E-state index in [1.165, 1.54) is 0 Å². The standard InChI is InChI=1S/C13H16O5S/c14-13(15)11-6-7-19(16,17)9-12(11)18-8-10-4-2-1-3-5-10/h1-5,11-12H,6-9H2,(H,14,15). The Morgan fingerprint density at radius 3 is 2.63 bits per heavy atom. The predicted octanol–water partition coefficient (Wildman–Crippen LogP) is 1.09. The number of carboxylic acids is 1. The van der Waals surface area contributed by atoms with Crippen LogP contribution >= 0.6 is 0 Å². The van der Waals surface area contributed by atoms with E-state index in [1.54, 1.807) is 0 Å². The Morgan fingerprint density at radius 2 is 2.00 bits per heavy atom. The summed E-state index contributed by atoms with van der Waals surface area (Å²) in [5, 5.41) is 9.10. The van der Waals surface area contributed by atoms with Crippen LogP contribution in [0.4, 0.5) is 0 Å². The molecule has 1 fully saturated rings. The molecule has 1 aliphatic rings. The van der Waals surface area contributed by atoms with Crippen LogP contribution in [0.25, 0.3) is 0 Å². The summed E-state index contributed by atoms with van der Waals surface area (Å²) in [5.41, 5.74) is 0.898. The van der Waals surface area contributed by atoms with Crippen LogP contribution < -0.4 is 0 Å². The first-order valence-corrected chi connectivity index (χ1v) is 7.89. The molecule has 0 saturated carbocycles.